The topological polar surface area (TPSA) is 3.24 Å². The number of anilines is 3. The van der Waals surface area contributed by atoms with Gasteiger partial charge in [-0.2, -0.15) is 0 Å². The van der Waals surface area contributed by atoms with E-state index in [0.29, 0.717) is 5.92 Å². The van der Waals surface area contributed by atoms with Crippen LogP contribution in [0.2, 0.25) is 0 Å². The molecule has 2 unspecified atom stereocenters. The van der Waals surface area contributed by atoms with E-state index in [2.05, 4.69) is 317 Å². The molecule has 0 aliphatic heterocycles. The molecule has 4 aliphatic carbocycles. The minimum Gasteiger partial charge on any atom is -0.310 e. The maximum Gasteiger partial charge on any atom is 0.0725 e. The molecule has 15 rings (SSSR count). The van der Waals surface area contributed by atoms with Crippen LogP contribution in [0.1, 0.15) is 132 Å². The maximum absolute atomic E-state index is 2.55. The van der Waals surface area contributed by atoms with Crippen LogP contribution in [0.4, 0.5) is 17.1 Å². The fourth-order valence-corrected chi connectivity index (χ4v) is 15.7. The lowest BCUT2D eigenvalue weighted by Gasteiger charge is -2.36. The third-order valence-electron chi connectivity index (χ3n) is 19.9. The summed E-state index contributed by atoms with van der Waals surface area (Å²) in [4.78, 5) is 2.47. The number of hydrogen-bond donors (Lipinski definition) is 0. The number of nitrogens with zero attached hydrogens (tertiary/aromatic N) is 1. The molecule has 0 saturated carbocycles. The highest BCUT2D eigenvalue weighted by atomic mass is 15.1. The molecule has 1 nitrogen and oxygen atoms in total. The first-order valence-corrected chi connectivity index (χ1v) is 30.5. The van der Waals surface area contributed by atoms with Crippen molar-refractivity contribution in [2.75, 3.05) is 4.90 Å². The van der Waals surface area contributed by atoms with E-state index in [1.54, 1.807) is 0 Å². The standard InChI is InChI=1S/C83H73N/c1-79(2,3)51-78(80(4,5)6)55-30-28-54(29-31-55)56-34-41-66-63-23-15-18-26-72(63)83(76(66)47-56)73-27-19-16-24-64(73)67-42-35-58(48-77(67)83)57-36-43-68-69-49-60(40-45-71(69)82(9,10)74(68)46-57)84(59-37-32-53(33-38-59)52-20-12-11-13-21-52)61-39-44-65-62-22-14-17-25-70(62)81(7,8)75(65)50-61/h11-50,78H,51H2,1-10H3. The Labute approximate surface area is 498 Å². The minimum absolute atomic E-state index is 0.127. The molecule has 0 fully saturated rings. The van der Waals surface area contributed by atoms with Gasteiger partial charge in [-0.25, -0.2) is 0 Å². The average Bonchev–Trinajstić information content (AvgIpc) is 1.60. The van der Waals surface area contributed by atoms with Gasteiger partial charge >= 0.3 is 0 Å². The lowest BCUT2D eigenvalue weighted by molar-refractivity contribution is 0.229. The van der Waals surface area contributed by atoms with E-state index in [9.17, 15) is 0 Å². The summed E-state index contributed by atoms with van der Waals surface area (Å²) in [6.45, 7) is 23.9. The Morgan fingerprint density at radius 1 is 0.298 bits per heavy atom. The van der Waals surface area contributed by atoms with Crippen molar-refractivity contribution in [1.82, 2.24) is 0 Å². The van der Waals surface area contributed by atoms with Crippen molar-refractivity contribution in [2.45, 2.75) is 97.8 Å². The maximum atomic E-state index is 2.55. The van der Waals surface area contributed by atoms with Gasteiger partial charge in [0.2, 0.25) is 0 Å². The zero-order valence-electron chi connectivity index (χ0n) is 50.3. The molecule has 0 amide bonds. The van der Waals surface area contributed by atoms with Gasteiger partial charge in [-0.15, -0.1) is 0 Å². The predicted molar refractivity (Wildman–Crippen MR) is 355 cm³/mol. The van der Waals surface area contributed by atoms with Gasteiger partial charge in [-0.3, -0.25) is 0 Å². The summed E-state index contributed by atoms with van der Waals surface area (Å²) in [6, 6.07) is 93.1. The number of rotatable bonds is 8. The normalized spacial score (nSPS) is 16.5. The SMILES string of the molecule is CC(C)(C)CC(c1ccc(-c2ccc3c(c2)C2(c4ccccc4-3)c3ccccc3-c3ccc(-c4ccc5c(c4)C(C)(C)c4ccc(N(c6ccc(-c7ccccc7)cc6)c6ccc7c(c6)C(C)(C)c6ccccc6-7)cc4-5)cc32)cc1)C(C)(C)C. The Kier molecular flexibility index (Phi) is 11.5. The molecule has 84 heavy (non-hydrogen) atoms. The summed E-state index contributed by atoms with van der Waals surface area (Å²) in [5, 5.41) is 0. The van der Waals surface area contributed by atoms with Gasteiger partial charge < -0.3 is 4.90 Å². The molecule has 0 heterocycles. The quantitative estimate of drug-likeness (QED) is 0.147. The highest BCUT2D eigenvalue weighted by Crippen LogP contribution is 2.64. The van der Waals surface area contributed by atoms with Crippen molar-refractivity contribution in [3.8, 4) is 77.9 Å². The minimum atomic E-state index is -0.483. The lowest BCUT2D eigenvalue weighted by Crippen LogP contribution is -2.26. The molecule has 1 heteroatoms. The molecular weight excluding hydrogens is 1010 g/mol. The van der Waals surface area contributed by atoms with Crippen LogP contribution in [0.25, 0.3) is 77.9 Å². The summed E-state index contributed by atoms with van der Waals surface area (Å²) in [5.74, 6) is 0.463. The molecule has 1 spiro atoms. The van der Waals surface area contributed by atoms with Crippen LogP contribution in [0.5, 0.6) is 0 Å². The van der Waals surface area contributed by atoms with Crippen LogP contribution < -0.4 is 4.90 Å². The van der Waals surface area contributed by atoms with E-state index >= 15 is 0 Å². The number of fused-ring (bicyclic) bond motifs is 16. The molecular formula is C83H73N. The summed E-state index contributed by atoms with van der Waals surface area (Å²) in [6.07, 6.45) is 1.14. The largest absolute Gasteiger partial charge is 0.310 e. The molecule has 0 bridgehead atoms. The van der Waals surface area contributed by atoms with Crippen molar-refractivity contribution in [1.29, 1.82) is 0 Å². The molecule has 0 aromatic heterocycles. The Morgan fingerprint density at radius 2 is 0.667 bits per heavy atom. The van der Waals surface area contributed by atoms with Gasteiger partial charge in [0, 0.05) is 27.9 Å². The van der Waals surface area contributed by atoms with Crippen LogP contribution in [0, 0.1) is 10.8 Å². The van der Waals surface area contributed by atoms with E-state index in [-0.39, 0.29) is 21.7 Å². The van der Waals surface area contributed by atoms with E-state index in [4.69, 9.17) is 0 Å². The van der Waals surface area contributed by atoms with Crippen molar-refractivity contribution in [3.63, 3.8) is 0 Å². The second-order valence-corrected chi connectivity index (χ2v) is 27.9. The third kappa shape index (κ3) is 7.87. The zero-order chi connectivity index (χ0) is 57.7. The van der Waals surface area contributed by atoms with Crippen molar-refractivity contribution in [3.05, 3.63) is 293 Å². The van der Waals surface area contributed by atoms with Crippen molar-refractivity contribution in [2.24, 2.45) is 10.8 Å². The van der Waals surface area contributed by atoms with Gasteiger partial charge in [0.15, 0.2) is 0 Å². The summed E-state index contributed by atoms with van der Waals surface area (Å²) in [5.41, 5.74) is 33.3. The molecule has 0 N–H and O–H groups in total. The van der Waals surface area contributed by atoms with Gasteiger partial charge in [0.05, 0.1) is 5.41 Å². The average molecular weight is 1080 g/mol. The lowest BCUT2D eigenvalue weighted by atomic mass is 9.69. The monoisotopic (exact) mass is 1080 g/mol. The van der Waals surface area contributed by atoms with E-state index < -0.39 is 5.41 Å². The van der Waals surface area contributed by atoms with Gasteiger partial charge in [-0.05, 0) is 206 Å². The molecule has 11 aromatic carbocycles. The summed E-state index contributed by atoms with van der Waals surface area (Å²) < 4.78 is 0. The van der Waals surface area contributed by atoms with Crippen LogP contribution >= 0.6 is 0 Å². The van der Waals surface area contributed by atoms with Crippen LogP contribution in [-0.4, -0.2) is 0 Å². The first-order valence-electron chi connectivity index (χ1n) is 30.5. The Morgan fingerprint density at radius 3 is 1.24 bits per heavy atom. The second-order valence-electron chi connectivity index (χ2n) is 27.9. The molecule has 0 radical (unpaired) electrons. The molecule has 0 saturated heterocycles. The van der Waals surface area contributed by atoms with Gasteiger partial charge in [-0.1, -0.05) is 257 Å². The molecule has 11 aromatic rings. The van der Waals surface area contributed by atoms with E-state index in [1.807, 2.05) is 0 Å². The summed E-state index contributed by atoms with van der Waals surface area (Å²) in [7, 11) is 0. The Hall–Kier alpha value is -8.78. The first kappa shape index (κ1) is 52.1. The Balaban J connectivity index is 0.830. The van der Waals surface area contributed by atoms with Crippen molar-refractivity contribution >= 4 is 17.1 Å². The smallest absolute Gasteiger partial charge is 0.0725 e. The van der Waals surface area contributed by atoms with Gasteiger partial charge in [0.1, 0.15) is 0 Å². The Bertz CT molecular complexity index is 4450. The fraction of sp³-hybridized carbons (Fsp3) is 0.205. The molecule has 2 atom stereocenters. The molecule has 4 aliphatic rings. The van der Waals surface area contributed by atoms with Crippen molar-refractivity contribution < 1.29 is 0 Å². The highest BCUT2D eigenvalue weighted by molar-refractivity contribution is 5.98. The van der Waals surface area contributed by atoms with Crippen LogP contribution in [0.3, 0.4) is 0 Å². The zero-order valence-corrected chi connectivity index (χ0v) is 50.3. The van der Waals surface area contributed by atoms with Crippen LogP contribution in [-0.2, 0) is 16.2 Å². The van der Waals surface area contributed by atoms with Crippen LogP contribution in [0.15, 0.2) is 243 Å². The third-order valence-corrected chi connectivity index (χ3v) is 19.9. The summed E-state index contributed by atoms with van der Waals surface area (Å²) >= 11 is 0. The number of benzene rings is 11. The highest BCUT2D eigenvalue weighted by Gasteiger charge is 2.52. The van der Waals surface area contributed by atoms with E-state index in [1.165, 1.54) is 128 Å². The van der Waals surface area contributed by atoms with Gasteiger partial charge in [0.25, 0.3) is 0 Å². The number of hydrogen-bond acceptors (Lipinski definition) is 1. The fourth-order valence-electron chi connectivity index (χ4n) is 15.7. The van der Waals surface area contributed by atoms with E-state index in [0.717, 1.165) is 23.5 Å². The second kappa shape index (κ2) is 18.6. The molecule has 410 valence electrons. The first-order chi connectivity index (χ1) is 40.4. The predicted octanol–water partition coefficient (Wildman–Crippen LogP) is 22.7.